The second-order valence-corrected chi connectivity index (χ2v) is 4.35. The molecule has 1 fully saturated rings. The van der Waals surface area contributed by atoms with E-state index in [0.717, 1.165) is 26.2 Å². The third-order valence-electron chi connectivity index (χ3n) is 2.92. The van der Waals surface area contributed by atoms with Gasteiger partial charge in [-0.15, -0.1) is 0 Å². The van der Waals surface area contributed by atoms with E-state index in [1.807, 2.05) is 0 Å². The third-order valence-corrected chi connectivity index (χ3v) is 2.92. The predicted octanol–water partition coefficient (Wildman–Crippen LogP) is -1.77. The average molecular weight is 239 g/mol. The lowest BCUT2D eigenvalue weighted by Crippen LogP contribution is -3.21. The first kappa shape index (κ1) is 12.0. The monoisotopic (exact) mass is 239 g/mol. The van der Waals surface area contributed by atoms with Crippen LogP contribution in [0, 0.1) is 5.82 Å². The number of anilines is 1. The summed E-state index contributed by atoms with van der Waals surface area (Å²) in [5, 5.41) is 4.98. The molecule has 17 heavy (non-hydrogen) atoms. The molecular weight excluding hydrogens is 221 g/mol. The highest BCUT2D eigenvalue weighted by Gasteiger charge is 2.18. The summed E-state index contributed by atoms with van der Waals surface area (Å²) in [6.45, 7) is 4.63. The quantitative estimate of drug-likeness (QED) is 0.574. The number of hydrogen-bond donors (Lipinski definition) is 3. The Kier molecular flexibility index (Phi) is 4.06. The van der Waals surface area contributed by atoms with E-state index in [9.17, 15) is 9.18 Å². The van der Waals surface area contributed by atoms with Gasteiger partial charge in [-0.05, 0) is 18.2 Å². The van der Waals surface area contributed by atoms with Crippen LogP contribution in [0.25, 0.3) is 0 Å². The van der Waals surface area contributed by atoms with Crippen LogP contribution in [0.3, 0.4) is 0 Å². The molecule has 1 aromatic rings. The summed E-state index contributed by atoms with van der Waals surface area (Å²) < 4.78 is 12.9. The van der Waals surface area contributed by atoms with Crippen molar-refractivity contribution < 1.29 is 19.4 Å². The number of amides is 1. The van der Waals surface area contributed by atoms with Crippen molar-refractivity contribution in [2.45, 2.75) is 0 Å². The summed E-state index contributed by atoms with van der Waals surface area (Å²) in [6, 6.07) is 5.98. The first-order valence-electron chi connectivity index (χ1n) is 5.95. The largest absolute Gasteiger partial charge is 0.337 e. The fourth-order valence-electron chi connectivity index (χ4n) is 2.06. The van der Waals surface area contributed by atoms with Gasteiger partial charge in [0.2, 0.25) is 0 Å². The molecule has 0 saturated carbocycles. The molecule has 0 radical (unpaired) electrons. The van der Waals surface area contributed by atoms with Crippen LogP contribution in [0.5, 0.6) is 0 Å². The van der Waals surface area contributed by atoms with Gasteiger partial charge in [-0.1, -0.05) is 6.07 Å². The van der Waals surface area contributed by atoms with Crippen molar-refractivity contribution >= 4 is 11.6 Å². The van der Waals surface area contributed by atoms with Gasteiger partial charge in [-0.2, -0.15) is 0 Å². The van der Waals surface area contributed by atoms with Crippen LogP contribution >= 0.6 is 0 Å². The van der Waals surface area contributed by atoms with Crippen molar-refractivity contribution in [3.8, 4) is 0 Å². The number of nitrogens with one attached hydrogen (secondary N) is 2. The van der Waals surface area contributed by atoms with E-state index in [-0.39, 0.29) is 11.7 Å². The number of rotatable bonds is 3. The molecule has 0 bridgehead atoms. The van der Waals surface area contributed by atoms with Crippen LogP contribution < -0.4 is 15.5 Å². The van der Waals surface area contributed by atoms with Crippen molar-refractivity contribution in [2.75, 3.05) is 38.0 Å². The van der Waals surface area contributed by atoms with Gasteiger partial charge >= 0.3 is 0 Å². The van der Waals surface area contributed by atoms with E-state index in [0.29, 0.717) is 12.2 Å². The van der Waals surface area contributed by atoms with E-state index < -0.39 is 0 Å². The van der Waals surface area contributed by atoms with Gasteiger partial charge in [0, 0.05) is 5.69 Å². The van der Waals surface area contributed by atoms with Gasteiger partial charge in [-0.25, -0.2) is 4.39 Å². The zero-order valence-corrected chi connectivity index (χ0v) is 9.71. The number of benzene rings is 1. The average Bonchev–Trinajstić information content (AvgIpc) is 2.30. The normalized spacial score (nSPS) is 16.8. The molecular formula is C12H18FN3O+2. The number of quaternary nitrogens is 2. The number of piperazine rings is 1. The molecule has 1 aromatic carbocycles. The second kappa shape index (κ2) is 5.75. The summed E-state index contributed by atoms with van der Waals surface area (Å²) in [6.07, 6.45) is 0. The highest BCUT2D eigenvalue weighted by molar-refractivity contribution is 5.91. The van der Waals surface area contributed by atoms with Crippen LogP contribution in [-0.4, -0.2) is 38.6 Å². The minimum atomic E-state index is -0.331. The maximum atomic E-state index is 12.9. The molecule has 92 valence electrons. The zero-order valence-electron chi connectivity index (χ0n) is 9.71. The lowest BCUT2D eigenvalue weighted by molar-refractivity contribution is -0.940. The highest BCUT2D eigenvalue weighted by Crippen LogP contribution is 2.08. The standard InChI is InChI=1S/C12H16FN3O/c13-10-2-1-3-11(8-10)15-12(17)9-16-6-4-14-5-7-16/h1-3,8,14H,4-7,9H2,(H,15,17)/p+2. The predicted molar refractivity (Wildman–Crippen MR) is 62.3 cm³/mol. The summed E-state index contributed by atoms with van der Waals surface area (Å²) in [7, 11) is 0. The number of nitrogens with two attached hydrogens (primary N) is 1. The van der Waals surface area contributed by atoms with Gasteiger partial charge in [0.25, 0.3) is 5.91 Å². The Morgan fingerprint density at radius 2 is 2.18 bits per heavy atom. The van der Waals surface area contributed by atoms with Gasteiger partial charge in [0.15, 0.2) is 6.54 Å². The van der Waals surface area contributed by atoms with Crippen molar-refractivity contribution in [3.63, 3.8) is 0 Å². The number of carbonyl (C=O) groups excluding carboxylic acids is 1. The minimum Gasteiger partial charge on any atom is -0.337 e. The minimum absolute atomic E-state index is 0.0486. The molecule has 5 heteroatoms. The molecule has 0 unspecified atom stereocenters. The molecule has 0 spiro atoms. The van der Waals surface area contributed by atoms with E-state index in [1.54, 1.807) is 12.1 Å². The van der Waals surface area contributed by atoms with Crippen molar-refractivity contribution in [1.29, 1.82) is 0 Å². The van der Waals surface area contributed by atoms with Gasteiger partial charge < -0.3 is 15.5 Å². The van der Waals surface area contributed by atoms with Gasteiger partial charge in [0.05, 0.1) is 0 Å². The highest BCUT2D eigenvalue weighted by atomic mass is 19.1. The van der Waals surface area contributed by atoms with E-state index >= 15 is 0 Å². The van der Waals surface area contributed by atoms with Gasteiger partial charge in [-0.3, -0.25) is 4.79 Å². The van der Waals surface area contributed by atoms with Crippen molar-refractivity contribution in [3.05, 3.63) is 30.1 Å². The molecule has 0 aliphatic carbocycles. The lowest BCUT2D eigenvalue weighted by atomic mass is 10.3. The first-order valence-corrected chi connectivity index (χ1v) is 5.95. The Hall–Kier alpha value is -1.46. The zero-order chi connectivity index (χ0) is 12.1. The van der Waals surface area contributed by atoms with Crippen LogP contribution in [0.1, 0.15) is 0 Å². The molecule has 1 aliphatic heterocycles. The Morgan fingerprint density at radius 1 is 1.41 bits per heavy atom. The molecule has 0 atom stereocenters. The molecule has 1 aliphatic rings. The molecule has 0 aromatic heterocycles. The molecule has 1 saturated heterocycles. The topological polar surface area (TPSA) is 50.2 Å². The van der Waals surface area contributed by atoms with E-state index in [4.69, 9.17) is 0 Å². The smallest absolute Gasteiger partial charge is 0.279 e. The Balaban J connectivity index is 1.84. The SMILES string of the molecule is O=C(C[NH+]1CC[NH2+]CC1)Nc1cccc(F)c1. The summed E-state index contributed by atoms with van der Waals surface area (Å²) in [5.41, 5.74) is 0.526. The fourth-order valence-corrected chi connectivity index (χ4v) is 2.06. The molecule has 4 N–H and O–H groups in total. The Morgan fingerprint density at radius 3 is 2.88 bits per heavy atom. The van der Waals surface area contributed by atoms with Crippen LogP contribution in [-0.2, 0) is 4.79 Å². The number of halogens is 1. The third kappa shape index (κ3) is 3.80. The van der Waals surface area contributed by atoms with Crippen molar-refractivity contribution in [1.82, 2.24) is 0 Å². The number of hydrogen-bond acceptors (Lipinski definition) is 1. The Labute approximate surface area is 99.8 Å². The van der Waals surface area contributed by atoms with Crippen molar-refractivity contribution in [2.24, 2.45) is 0 Å². The first-order chi connectivity index (χ1) is 8.24. The van der Waals surface area contributed by atoms with Crippen LogP contribution in [0.4, 0.5) is 10.1 Å². The molecule has 4 nitrogen and oxygen atoms in total. The Bertz CT molecular complexity index is 391. The maximum Gasteiger partial charge on any atom is 0.279 e. The summed E-state index contributed by atoms with van der Waals surface area (Å²) in [4.78, 5) is 13.0. The molecule has 1 heterocycles. The van der Waals surface area contributed by atoms with E-state index in [1.165, 1.54) is 17.0 Å². The fraction of sp³-hybridized carbons (Fsp3) is 0.417. The van der Waals surface area contributed by atoms with E-state index in [2.05, 4.69) is 10.6 Å². The number of carbonyl (C=O) groups is 1. The van der Waals surface area contributed by atoms with Crippen LogP contribution in [0.15, 0.2) is 24.3 Å². The molecule has 2 rings (SSSR count). The molecule has 1 amide bonds. The lowest BCUT2D eigenvalue weighted by Gasteiger charge is -2.21. The summed E-state index contributed by atoms with van der Waals surface area (Å²) in [5.74, 6) is -0.379. The second-order valence-electron chi connectivity index (χ2n) is 4.35. The summed E-state index contributed by atoms with van der Waals surface area (Å²) >= 11 is 0. The van der Waals surface area contributed by atoms with Crippen LogP contribution in [0.2, 0.25) is 0 Å². The maximum absolute atomic E-state index is 12.9. The van der Waals surface area contributed by atoms with Gasteiger partial charge in [0.1, 0.15) is 32.0 Å².